The number of nitrogens with zero attached hydrogens (tertiary/aromatic N) is 5. The van der Waals surface area contributed by atoms with Gasteiger partial charge in [-0.2, -0.15) is 4.68 Å². The number of H-pyrrole nitrogens is 1. The highest BCUT2D eigenvalue weighted by molar-refractivity contribution is 6.32. The van der Waals surface area contributed by atoms with Crippen molar-refractivity contribution in [2.75, 3.05) is 19.8 Å². The molecule has 1 atom stereocenters. The first-order chi connectivity index (χ1) is 19.3. The minimum Gasteiger partial charge on any atom is -0.380 e. The van der Waals surface area contributed by atoms with Crippen molar-refractivity contribution in [3.05, 3.63) is 82.0 Å². The number of nitrogens with one attached hydrogen (secondary N) is 3. The molecule has 3 N–H and O–H groups in total. The highest BCUT2D eigenvalue weighted by Crippen LogP contribution is 2.28. The second kappa shape index (κ2) is 13.8. The topological polar surface area (TPSA) is 140 Å². The summed E-state index contributed by atoms with van der Waals surface area (Å²) in [6.45, 7) is 5.14. The molecule has 0 spiro atoms. The predicted molar refractivity (Wildman–Crippen MR) is 152 cm³/mol. The van der Waals surface area contributed by atoms with E-state index >= 15 is 0 Å². The first-order valence-electron chi connectivity index (χ1n) is 12.5. The summed E-state index contributed by atoms with van der Waals surface area (Å²) in [6, 6.07) is 12.1. The molecule has 2 amide bonds. The lowest BCUT2D eigenvalue weighted by atomic mass is 10.1. The number of hydrogen-bond acceptors (Lipinski definition) is 7. The van der Waals surface area contributed by atoms with E-state index < -0.39 is 11.9 Å². The first kappa shape index (κ1) is 28.9. The van der Waals surface area contributed by atoms with Crippen molar-refractivity contribution in [3.8, 4) is 16.9 Å². The molecule has 2 aromatic heterocycles. The summed E-state index contributed by atoms with van der Waals surface area (Å²) < 4.78 is 6.74. The molecule has 0 saturated heterocycles. The Bertz CT molecular complexity index is 1470. The summed E-state index contributed by atoms with van der Waals surface area (Å²) in [4.78, 5) is 33.4. The zero-order chi connectivity index (χ0) is 28.5. The predicted octanol–water partition coefficient (Wildman–Crippen LogP) is 4.08. The number of carbonyl (C=O) groups is 2. The fourth-order valence-corrected chi connectivity index (χ4v) is 4.27. The highest BCUT2D eigenvalue weighted by Gasteiger charge is 2.23. The summed E-state index contributed by atoms with van der Waals surface area (Å²) in [5.41, 5.74) is 3.67. The monoisotopic (exact) mass is 582 g/mol. The molecule has 0 aliphatic rings. The molecule has 208 valence electrons. The summed E-state index contributed by atoms with van der Waals surface area (Å²) in [5, 5.41) is 17.6. The van der Waals surface area contributed by atoms with Crippen molar-refractivity contribution in [1.29, 1.82) is 0 Å². The third-order valence-electron chi connectivity index (χ3n) is 5.81. The van der Waals surface area contributed by atoms with Crippen molar-refractivity contribution < 1.29 is 14.3 Å². The van der Waals surface area contributed by atoms with Gasteiger partial charge in [-0.25, -0.2) is 4.98 Å². The summed E-state index contributed by atoms with van der Waals surface area (Å²) in [5.74, 6) is -0.396. The van der Waals surface area contributed by atoms with Crippen LogP contribution in [0.5, 0.6) is 0 Å². The zero-order valence-electron chi connectivity index (χ0n) is 21.9. The molecule has 0 saturated carbocycles. The molecular weight excluding hydrogens is 555 g/mol. The quantitative estimate of drug-likeness (QED) is 0.169. The molecule has 0 fully saturated rings. The van der Waals surface area contributed by atoms with E-state index in [2.05, 4.69) is 36.1 Å². The van der Waals surface area contributed by atoms with Gasteiger partial charge in [-0.3, -0.25) is 9.59 Å². The maximum atomic E-state index is 13.1. The van der Waals surface area contributed by atoms with Crippen LogP contribution in [-0.2, 0) is 14.3 Å². The number of aromatic amines is 1. The van der Waals surface area contributed by atoms with Crippen molar-refractivity contribution in [2.24, 2.45) is 0 Å². The number of aryl methyl sites for hydroxylation is 1. The Hall–Kier alpha value is -4.06. The van der Waals surface area contributed by atoms with E-state index in [1.807, 2.05) is 38.1 Å². The molecular formula is C27H28Cl2N8O3. The molecule has 13 heteroatoms. The lowest BCUT2D eigenvalue weighted by Crippen LogP contribution is -2.34. The standard InChI is InChI=1S/C27H28Cl2N8O3/c1-3-40-13-12-30-24(39)15-21(27-33-25(26(29)34-27)18-6-4-17(2)5-7-18)32-23(38)11-8-19-14-20(28)9-10-22(19)37-16-31-35-36-37/h4-11,14,16,21H,3,12-13,15H2,1-2H3,(H,30,39)(H,32,38)(H,33,34)/b11-8+/t21-/m0/s1. The van der Waals surface area contributed by atoms with Crippen LogP contribution in [-0.4, -0.2) is 61.7 Å². The number of amides is 2. The van der Waals surface area contributed by atoms with E-state index in [0.29, 0.717) is 52.7 Å². The van der Waals surface area contributed by atoms with E-state index in [0.717, 1.165) is 11.1 Å². The van der Waals surface area contributed by atoms with Gasteiger partial charge in [0.2, 0.25) is 11.8 Å². The summed E-state index contributed by atoms with van der Waals surface area (Å²) in [6.07, 6.45) is 4.29. The summed E-state index contributed by atoms with van der Waals surface area (Å²) in [7, 11) is 0. The zero-order valence-corrected chi connectivity index (χ0v) is 23.4. The number of imidazole rings is 1. The number of aromatic nitrogens is 6. The van der Waals surface area contributed by atoms with Gasteiger partial charge in [0.05, 0.1) is 24.8 Å². The average molecular weight is 583 g/mol. The van der Waals surface area contributed by atoms with Gasteiger partial charge in [0.1, 0.15) is 23.0 Å². The number of benzene rings is 2. The second-order valence-corrected chi connectivity index (χ2v) is 9.57. The molecule has 0 unspecified atom stereocenters. The largest absolute Gasteiger partial charge is 0.380 e. The fourth-order valence-electron chi connectivity index (χ4n) is 3.84. The maximum absolute atomic E-state index is 13.1. The van der Waals surface area contributed by atoms with Crippen LogP contribution in [0.4, 0.5) is 0 Å². The maximum Gasteiger partial charge on any atom is 0.244 e. The number of halogens is 2. The van der Waals surface area contributed by atoms with Crippen molar-refractivity contribution in [2.45, 2.75) is 26.3 Å². The molecule has 2 heterocycles. The minimum absolute atomic E-state index is 0.0735. The molecule has 4 aromatic rings. The summed E-state index contributed by atoms with van der Waals surface area (Å²) >= 11 is 12.7. The van der Waals surface area contributed by atoms with E-state index in [-0.39, 0.29) is 12.3 Å². The molecule has 4 rings (SSSR count). The van der Waals surface area contributed by atoms with Crippen LogP contribution >= 0.6 is 23.2 Å². The van der Waals surface area contributed by atoms with Gasteiger partial charge in [0.25, 0.3) is 0 Å². The molecule has 0 aliphatic carbocycles. The smallest absolute Gasteiger partial charge is 0.244 e. The van der Waals surface area contributed by atoms with Gasteiger partial charge in [-0.05, 0) is 48.5 Å². The van der Waals surface area contributed by atoms with E-state index in [1.54, 1.807) is 24.3 Å². The third kappa shape index (κ3) is 7.75. The van der Waals surface area contributed by atoms with Crippen LogP contribution in [0.25, 0.3) is 23.0 Å². The Morgan fingerprint density at radius 1 is 1.18 bits per heavy atom. The Kier molecular flexibility index (Phi) is 10.0. The number of ether oxygens (including phenoxy) is 1. The van der Waals surface area contributed by atoms with E-state index in [9.17, 15) is 9.59 Å². The highest BCUT2D eigenvalue weighted by atomic mass is 35.5. The van der Waals surface area contributed by atoms with Crippen molar-refractivity contribution >= 4 is 41.1 Å². The number of rotatable bonds is 12. The molecule has 2 aromatic carbocycles. The number of hydrogen-bond donors (Lipinski definition) is 3. The average Bonchev–Trinajstić information content (AvgIpc) is 3.60. The molecule has 40 heavy (non-hydrogen) atoms. The van der Waals surface area contributed by atoms with Crippen LogP contribution in [0, 0.1) is 6.92 Å². The Labute approximate surface area is 240 Å². The molecule has 0 radical (unpaired) electrons. The molecule has 0 bridgehead atoms. The molecule has 0 aliphatic heterocycles. The van der Waals surface area contributed by atoms with Gasteiger partial charge in [-0.1, -0.05) is 53.0 Å². The van der Waals surface area contributed by atoms with Crippen LogP contribution in [0.15, 0.2) is 54.9 Å². The van der Waals surface area contributed by atoms with E-state index in [4.69, 9.17) is 27.9 Å². The van der Waals surface area contributed by atoms with Gasteiger partial charge >= 0.3 is 0 Å². The van der Waals surface area contributed by atoms with Gasteiger partial charge in [0.15, 0.2) is 0 Å². The van der Waals surface area contributed by atoms with Gasteiger partial charge < -0.3 is 20.4 Å². The number of carbonyl (C=O) groups excluding carboxylic acids is 2. The molecule has 11 nitrogen and oxygen atoms in total. The Morgan fingerprint density at radius 2 is 1.98 bits per heavy atom. The number of tetrazole rings is 1. The minimum atomic E-state index is -0.792. The van der Waals surface area contributed by atoms with Crippen LogP contribution in [0.2, 0.25) is 10.2 Å². The van der Waals surface area contributed by atoms with Crippen molar-refractivity contribution in [1.82, 2.24) is 40.8 Å². The van der Waals surface area contributed by atoms with Gasteiger partial charge in [-0.15, -0.1) is 5.10 Å². The first-order valence-corrected chi connectivity index (χ1v) is 13.3. The van der Waals surface area contributed by atoms with Crippen molar-refractivity contribution in [3.63, 3.8) is 0 Å². The van der Waals surface area contributed by atoms with Crippen LogP contribution in [0.1, 0.15) is 36.3 Å². The lowest BCUT2D eigenvalue weighted by molar-refractivity contribution is -0.122. The van der Waals surface area contributed by atoms with Crippen LogP contribution in [0.3, 0.4) is 0 Å². The Morgan fingerprint density at radius 3 is 2.70 bits per heavy atom. The third-order valence-corrected chi connectivity index (χ3v) is 6.32. The fraction of sp³-hybridized carbons (Fsp3) is 0.259. The second-order valence-electron chi connectivity index (χ2n) is 8.75. The lowest BCUT2D eigenvalue weighted by Gasteiger charge is -2.16. The Balaban J connectivity index is 1.55. The SMILES string of the molecule is CCOCCNC(=O)C[C@H](NC(=O)/C=C/c1cc(Cl)ccc1-n1cnnn1)c1nc(-c2ccc(C)cc2)c(Cl)[nH]1. The normalized spacial score (nSPS) is 12.0. The van der Waals surface area contributed by atoms with E-state index in [1.165, 1.54) is 17.1 Å². The van der Waals surface area contributed by atoms with Crippen LogP contribution < -0.4 is 10.6 Å². The van der Waals surface area contributed by atoms with Gasteiger partial charge in [0, 0.05) is 35.4 Å².